The maximum absolute atomic E-state index is 15.8. The molecule has 0 aromatic heterocycles. The molecular formula is C25H25F8NO2. The van der Waals surface area contributed by atoms with Crippen molar-refractivity contribution in [2.45, 2.75) is 57.6 Å². The van der Waals surface area contributed by atoms with Gasteiger partial charge in [0.1, 0.15) is 0 Å². The molecule has 36 heavy (non-hydrogen) atoms. The highest BCUT2D eigenvalue weighted by molar-refractivity contribution is 5.72. The van der Waals surface area contributed by atoms with E-state index in [4.69, 9.17) is 0 Å². The van der Waals surface area contributed by atoms with Gasteiger partial charge in [-0.2, -0.15) is 26.3 Å². The van der Waals surface area contributed by atoms with Crippen LogP contribution in [0, 0.1) is 17.3 Å². The van der Waals surface area contributed by atoms with Gasteiger partial charge in [-0.25, -0.2) is 8.78 Å². The van der Waals surface area contributed by atoms with Crippen molar-refractivity contribution in [2.24, 2.45) is 17.3 Å². The second kappa shape index (κ2) is 9.32. The lowest BCUT2D eigenvalue weighted by molar-refractivity contribution is -0.175. The fourth-order valence-corrected chi connectivity index (χ4v) is 4.83. The van der Waals surface area contributed by atoms with E-state index < -0.39 is 71.1 Å². The average molecular weight is 523 g/mol. The molecule has 11 heteroatoms. The van der Waals surface area contributed by atoms with Crippen molar-refractivity contribution in [3.63, 3.8) is 0 Å². The Bertz CT molecular complexity index is 1070. The number of aliphatic carboxylic acids is 1. The number of carbonyl (C=O) groups is 1. The molecule has 0 spiro atoms. The molecule has 4 unspecified atom stereocenters. The smallest absolute Gasteiger partial charge is 0.416 e. The van der Waals surface area contributed by atoms with E-state index in [2.05, 4.69) is 5.32 Å². The minimum atomic E-state index is -4.67. The zero-order valence-corrected chi connectivity index (χ0v) is 19.5. The number of benzene rings is 2. The molecule has 3 rings (SSSR count). The topological polar surface area (TPSA) is 49.3 Å². The second-order valence-corrected chi connectivity index (χ2v) is 10.1. The van der Waals surface area contributed by atoms with Crippen LogP contribution in [-0.4, -0.2) is 17.0 Å². The third kappa shape index (κ3) is 5.82. The number of rotatable bonds is 4. The number of carboxylic acid groups (broad SMARTS) is 1. The van der Waals surface area contributed by atoms with Crippen LogP contribution in [0.3, 0.4) is 0 Å². The highest BCUT2D eigenvalue weighted by atomic mass is 19.4. The van der Waals surface area contributed by atoms with E-state index in [-0.39, 0.29) is 11.1 Å². The average Bonchev–Trinajstić information content (AvgIpc) is 2.72. The summed E-state index contributed by atoms with van der Waals surface area (Å²) in [5, 5.41) is 12.8. The summed E-state index contributed by atoms with van der Waals surface area (Å²) in [5.41, 5.74) is -2.99. The van der Waals surface area contributed by atoms with Crippen LogP contribution in [0.1, 0.15) is 61.5 Å². The van der Waals surface area contributed by atoms with E-state index in [0.29, 0.717) is 0 Å². The van der Waals surface area contributed by atoms with Crippen LogP contribution in [0.4, 0.5) is 35.1 Å². The van der Waals surface area contributed by atoms with E-state index >= 15 is 8.78 Å². The molecular weight excluding hydrogens is 498 g/mol. The van der Waals surface area contributed by atoms with Gasteiger partial charge < -0.3 is 10.4 Å². The first-order valence-corrected chi connectivity index (χ1v) is 11.0. The molecule has 0 saturated carbocycles. The summed E-state index contributed by atoms with van der Waals surface area (Å²) in [6.07, 6.45) is -10.2. The minimum Gasteiger partial charge on any atom is -0.481 e. The number of carboxylic acids is 1. The van der Waals surface area contributed by atoms with E-state index in [1.54, 1.807) is 0 Å². The highest BCUT2D eigenvalue weighted by Gasteiger charge is 2.58. The molecule has 1 aliphatic heterocycles. The summed E-state index contributed by atoms with van der Waals surface area (Å²) in [5.74, 6) is -8.56. The van der Waals surface area contributed by atoms with Crippen molar-refractivity contribution in [3.8, 4) is 0 Å². The quantitative estimate of drug-likeness (QED) is 0.408. The van der Waals surface area contributed by atoms with Crippen LogP contribution in [0.15, 0.2) is 48.5 Å². The van der Waals surface area contributed by atoms with Crippen LogP contribution in [-0.2, 0) is 17.1 Å². The molecule has 1 heterocycles. The van der Waals surface area contributed by atoms with Gasteiger partial charge in [-0.1, -0.05) is 45.0 Å². The zero-order chi connectivity index (χ0) is 27.3. The number of halogens is 8. The van der Waals surface area contributed by atoms with Crippen molar-refractivity contribution in [2.75, 3.05) is 0 Å². The van der Waals surface area contributed by atoms with Gasteiger partial charge in [-0.15, -0.1) is 0 Å². The van der Waals surface area contributed by atoms with Gasteiger partial charge in [0.25, 0.3) is 5.92 Å². The Balaban J connectivity index is 2.10. The molecule has 2 N–H and O–H groups in total. The second-order valence-electron chi connectivity index (χ2n) is 10.1. The molecule has 1 fully saturated rings. The van der Waals surface area contributed by atoms with Gasteiger partial charge in [0, 0.05) is 18.5 Å². The van der Waals surface area contributed by atoms with Gasteiger partial charge in [-0.05, 0) is 40.8 Å². The van der Waals surface area contributed by atoms with Gasteiger partial charge in [0.2, 0.25) is 0 Å². The van der Waals surface area contributed by atoms with Crippen LogP contribution in [0.2, 0.25) is 0 Å². The van der Waals surface area contributed by atoms with Crippen LogP contribution < -0.4 is 5.32 Å². The summed E-state index contributed by atoms with van der Waals surface area (Å²) in [7, 11) is 0. The Morgan fingerprint density at radius 3 is 1.64 bits per heavy atom. The Kier molecular flexibility index (Phi) is 7.22. The summed E-state index contributed by atoms with van der Waals surface area (Å²) in [6.45, 7) is 4.44. The molecule has 0 aliphatic carbocycles. The lowest BCUT2D eigenvalue weighted by Crippen LogP contribution is -2.55. The first-order valence-electron chi connectivity index (χ1n) is 11.0. The van der Waals surface area contributed by atoms with Gasteiger partial charge in [0.15, 0.2) is 0 Å². The van der Waals surface area contributed by atoms with Crippen molar-refractivity contribution in [1.82, 2.24) is 5.32 Å². The number of hydrogen-bond acceptors (Lipinski definition) is 2. The van der Waals surface area contributed by atoms with Crippen molar-refractivity contribution >= 4 is 5.97 Å². The predicted molar refractivity (Wildman–Crippen MR) is 115 cm³/mol. The van der Waals surface area contributed by atoms with E-state index in [9.17, 15) is 36.2 Å². The normalized spacial score (nSPS) is 23.8. The molecule has 1 aliphatic rings. The molecule has 4 atom stereocenters. The van der Waals surface area contributed by atoms with Crippen LogP contribution in [0.5, 0.6) is 0 Å². The van der Waals surface area contributed by atoms with Crippen molar-refractivity contribution < 1.29 is 45.0 Å². The molecule has 2 aromatic carbocycles. The van der Waals surface area contributed by atoms with E-state index in [1.807, 2.05) is 0 Å². The summed E-state index contributed by atoms with van der Waals surface area (Å²) in [6, 6.07) is 4.51. The van der Waals surface area contributed by atoms with Crippen molar-refractivity contribution in [3.05, 3.63) is 70.8 Å². The van der Waals surface area contributed by atoms with Gasteiger partial charge in [0.05, 0.1) is 23.0 Å². The van der Waals surface area contributed by atoms with Gasteiger partial charge >= 0.3 is 18.3 Å². The maximum atomic E-state index is 15.8. The molecule has 1 saturated heterocycles. The number of alkyl halides is 8. The molecule has 3 nitrogen and oxygen atoms in total. The first-order chi connectivity index (χ1) is 16.3. The fourth-order valence-electron chi connectivity index (χ4n) is 4.83. The Morgan fingerprint density at radius 2 is 1.28 bits per heavy atom. The molecule has 0 amide bonds. The Labute approximate surface area is 202 Å². The number of piperidine rings is 1. The third-order valence-electron chi connectivity index (χ3n) is 6.50. The highest BCUT2D eigenvalue weighted by Crippen LogP contribution is 2.53. The summed E-state index contributed by atoms with van der Waals surface area (Å²) < 4.78 is 110. The maximum Gasteiger partial charge on any atom is 0.416 e. The Hall–Kier alpha value is -2.69. The lowest BCUT2D eigenvalue weighted by Gasteiger charge is -2.48. The Morgan fingerprint density at radius 1 is 0.861 bits per heavy atom. The lowest BCUT2D eigenvalue weighted by atomic mass is 9.64. The van der Waals surface area contributed by atoms with Crippen molar-refractivity contribution in [1.29, 1.82) is 0 Å². The van der Waals surface area contributed by atoms with Crippen LogP contribution >= 0.6 is 0 Å². The SMILES string of the molecule is CC(C)(C)C(C(=O)O)C1C(c2ccc(C(F)(F)F)cc2)NC(c2ccc(C(F)(F)F)cc2)CC1(F)F. The number of nitrogens with one attached hydrogen (secondary N) is 1. The molecule has 198 valence electrons. The van der Waals surface area contributed by atoms with Gasteiger partial charge in [-0.3, -0.25) is 4.79 Å². The monoisotopic (exact) mass is 523 g/mol. The van der Waals surface area contributed by atoms with E-state index in [1.165, 1.54) is 20.8 Å². The number of hydrogen-bond donors (Lipinski definition) is 2. The first kappa shape index (κ1) is 27.9. The summed E-state index contributed by atoms with van der Waals surface area (Å²) >= 11 is 0. The minimum absolute atomic E-state index is 0.0137. The molecule has 0 radical (unpaired) electrons. The summed E-state index contributed by atoms with van der Waals surface area (Å²) in [4.78, 5) is 12.2. The predicted octanol–water partition coefficient (Wildman–Crippen LogP) is 7.50. The van der Waals surface area contributed by atoms with E-state index in [0.717, 1.165) is 48.5 Å². The largest absolute Gasteiger partial charge is 0.481 e. The third-order valence-corrected chi connectivity index (χ3v) is 6.50. The zero-order valence-electron chi connectivity index (χ0n) is 19.5. The fraction of sp³-hybridized carbons (Fsp3) is 0.480. The standard InChI is InChI=1S/C25H25F8NO2/c1-22(2,3)19(21(35)36)18-20(14-6-10-16(11-7-14)25(31,32)33)34-17(12-23(18,26)27)13-4-8-15(9-5-13)24(28,29)30/h4-11,17-20,34H,12H2,1-3H3,(H,35,36). The van der Waals surface area contributed by atoms with Crippen LogP contribution in [0.25, 0.3) is 0 Å². The molecule has 2 aromatic rings. The molecule has 0 bridgehead atoms.